The van der Waals surface area contributed by atoms with Crippen LogP contribution in [0, 0.1) is 5.92 Å². The Kier molecular flexibility index (Phi) is 8.27. The maximum atomic E-state index is 12.2. The van der Waals surface area contributed by atoms with Crippen molar-refractivity contribution < 1.29 is 41.8 Å². The van der Waals surface area contributed by atoms with E-state index in [1.165, 1.54) is 6.92 Å². The van der Waals surface area contributed by atoms with E-state index in [4.69, 9.17) is 4.74 Å². The SMILES string of the molecule is CC(OC(=O)C1CCN(C(=O)OCC(F)(F)F)CC1)C(=O)NC(=O)NC(C)(C)C. The largest absolute Gasteiger partial charge is 0.452 e. The smallest absolute Gasteiger partial charge is 0.422 e. The minimum atomic E-state index is -4.61. The molecule has 12 heteroatoms. The van der Waals surface area contributed by atoms with Crippen LogP contribution in [0.5, 0.6) is 0 Å². The second-order valence-corrected chi connectivity index (χ2v) is 7.70. The van der Waals surface area contributed by atoms with Gasteiger partial charge in [0.25, 0.3) is 5.91 Å². The minimum absolute atomic E-state index is 0.0189. The van der Waals surface area contributed by atoms with Gasteiger partial charge in [-0.3, -0.25) is 14.9 Å². The Morgan fingerprint density at radius 3 is 2.14 bits per heavy atom. The molecule has 1 rings (SSSR count). The molecule has 0 aromatic carbocycles. The summed E-state index contributed by atoms with van der Waals surface area (Å²) in [7, 11) is 0. The number of alkyl halides is 3. The molecule has 1 unspecified atom stereocenters. The van der Waals surface area contributed by atoms with Crippen molar-refractivity contribution in [2.24, 2.45) is 5.92 Å². The third-order valence-corrected chi connectivity index (χ3v) is 3.83. The van der Waals surface area contributed by atoms with Gasteiger partial charge < -0.3 is 19.7 Å². The van der Waals surface area contributed by atoms with Gasteiger partial charge in [0.1, 0.15) is 0 Å². The number of hydrogen-bond acceptors (Lipinski definition) is 6. The van der Waals surface area contributed by atoms with Gasteiger partial charge in [-0.1, -0.05) is 0 Å². The van der Waals surface area contributed by atoms with E-state index in [-0.39, 0.29) is 25.9 Å². The molecular formula is C17H26F3N3O6. The fourth-order valence-corrected chi connectivity index (χ4v) is 2.44. The van der Waals surface area contributed by atoms with Crippen molar-refractivity contribution >= 4 is 24.0 Å². The lowest BCUT2D eigenvalue weighted by molar-refractivity contribution is -0.163. The number of hydrogen-bond donors (Lipinski definition) is 2. The van der Waals surface area contributed by atoms with Crippen LogP contribution < -0.4 is 10.6 Å². The lowest BCUT2D eigenvalue weighted by atomic mass is 9.97. The standard InChI is InChI=1S/C17H26F3N3O6/c1-10(12(24)21-14(26)22-16(2,3)4)29-13(25)11-5-7-23(8-6-11)15(27)28-9-17(18,19)20/h10-11H,5-9H2,1-4H3,(H2,21,22,24,26). The highest BCUT2D eigenvalue weighted by atomic mass is 19.4. The fourth-order valence-electron chi connectivity index (χ4n) is 2.44. The van der Waals surface area contributed by atoms with E-state index in [1.54, 1.807) is 20.8 Å². The first-order valence-electron chi connectivity index (χ1n) is 9.00. The van der Waals surface area contributed by atoms with Crippen LogP contribution in [0.2, 0.25) is 0 Å². The molecule has 0 aliphatic carbocycles. The highest BCUT2D eigenvalue weighted by Gasteiger charge is 2.34. The summed E-state index contributed by atoms with van der Waals surface area (Å²) in [5.41, 5.74) is -0.556. The van der Waals surface area contributed by atoms with Crippen LogP contribution in [0.15, 0.2) is 0 Å². The van der Waals surface area contributed by atoms with Gasteiger partial charge in [-0.25, -0.2) is 9.59 Å². The summed E-state index contributed by atoms with van der Waals surface area (Å²) < 4.78 is 45.5. The molecule has 9 nitrogen and oxygen atoms in total. The van der Waals surface area contributed by atoms with Crippen LogP contribution in [-0.4, -0.2) is 66.4 Å². The monoisotopic (exact) mass is 425 g/mol. The Bertz CT molecular complexity index is 625. The van der Waals surface area contributed by atoms with Crippen molar-refractivity contribution in [2.75, 3.05) is 19.7 Å². The normalized spacial score (nSPS) is 16.6. The van der Waals surface area contributed by atoms with E-state index in [2.05, 4.69) is 15.4 Å². The summed E-state index contributed by atoms with van der Waals surface area (Å²) in [5, 5.41) is 4.59. The Balaban J connectivity index is 2.41. The maximum absolute atomic E-state index is 12.2. The molecule has 0 aromatic rings. The van der Waals surface area contributed by atoms with Crippen molar-refractivity contribution in [3.63, 3.8) is 0 Å². The van der Waals surface area contributed by atoms with Crippen LogP contribution in [-0.2, 0) is 19.1 Å². The third kappa shape index (κ3) is 9.48. The number of esters is 1. The third-order valence-electron chi connectivity index (χ3n) is 3.83. The number of nitrogens with one attached hydrogen (secondary N) is 2. The number of carbonyl (C=O) groups excluding carboxylic acids is 4. The van der Waals surface area contributed by atoms with Crippen LogP contribution in [0.25, 0.3) is 0 Å². The molecule has 0 radical (unpaired) electrons. The molecule has 0 bridgehead atoms. The van der Waals surface area contributed by atoms with E-state index in [0.29, 0.717) is 0 Å². The zero-order valence-corrected chi connectivity index (χ0v) is 16.7. The van der Waals surface area contributed by atoms with Crippen LogP contribution >= 0.6 is 0 Å². The first-order valence-corrected chi connectivity index (χ1v) is 9.00. The second kappa shape index (κ2) is 9.79. The van der Waals surface area contributed by atoms with Crippen molar-refractivity contribution in [3.05, 3.63) is 0 Å². The second-order valence-electron chi connectivity index (χ2n) is 7.70. The lowest BCUT2D eigenvalue weighted by Gasteiger charge is -2.30. The average molecular weight is 425 g/mol. The molecule has 1 aliphatic rings. The van der Waals surface area contributed by atoms with Gasteiger partial charge in [0, 0.05) is 18.6 Å². The molecule has 1 fully saturated rings. The van der Waals surface area contributed by atoms with Crippen LogP contribution in [0.3, 0.4) is 0 Å². The van der Waals surface area contributed by atoms with Gasteiger partial charge in [-0.05, 0) is 40.5 Å². The van der Waals surface area contributed by atoms with Crippen molar-refractivity contribution in [2.45, 2.75) is 58.4 Å². The Morgan fingerprint density at radius 2 is 1.66 bits per heavy atom. The fraction of sp³-hybridized carbons (Fsp3) is 0.765. The van der Waals surface area contributed by atoms with Crippen LogP contribution in [0.4, 0.5) is 22.8 Å². The number of nitrogens with zero attached hydrogens (tertiary/aromatic N) is 1. The summed E-state index contributed by atoms with van der Waals surface area (Å²) in [6, 6.07) is -0.726. The zero-order valence-electron chi connectivity index (χ0n) is 16.7. The van der Waals surface area contributed by atoms with Crippen molar-refractivity contribution in [1.82, 2.24) is 15.5 Å². The molecule has 1 atom stereocenters. The topological polar surface area (TPSA) is 114 Å². The number of amides is 4. The number of halogens is 3. The van der Waals surface area contributed by atoms with Crippen LogP contribution in [0.1, 0.15) is 40.5 Å². The first kappa shape index (κ1) is 24.5. The Hall–Kier alpha value is -2.53. The number of ether oxygens (including phenoxy) is 2. The number of imide groups is 1. The average Bonchev–Trinajstić information content (AvgIpc) is 2.57. The highest BCUT2D eigenvalue weighted by molar-refractivity contribution is 5.97. The van der Waals surface area contributed by atoms with E-state index in [1.807, 2.05) is 0 Å². The summed E-state index contributed by atoms with van der Waals surface area (Å²) in [6.07, 6.45) is -6.63. The van der Waals surface area contributed by atoms with Gasteiger partial charge in [-0.15, -0.1) is 0 Å². The van der Waals surface area contributed by atoms with E-state index in [9.17, 15) is 32.3 Å². The summed E-state index contributed by atoms with van der Waals surface area (Å²) in [6.45, 7) is 4.85. The molecule has 1 saturated heterocycles. The molecule has 2 N–H and O–H groups in total. The molecule has 166 valence electrons. The van der Waals surface area contributed by atoms with E-state index in [0.717, 1.165) is 4.90 Å². The highest BCUT2D eigenvalue weighted by Crippen LogP contribution is 2.21. The molecule has 0 spiro atoms. The predicted molar refractivity (Wildman–Crippen MR) is 93.7 cm³/mol. The Morgan fingerprint density at radius 1 is 1.10 bits per heavy atom. The van der Waals surface area contributed by atoms with Gasteiger partial charge in [0.15, 0.2) is 12.7 Å². The maximum Gasteiger partial charge on any atom is 0.422 e. The molecule has 0 aromatic heterocycles. The molecule has 1 aliphatic heterocycles. The number of carbonyl (C=O) groups is 4. The summed E-state index contributed by atoms with van der Waals surface area (Å²) >= 11 is 0. The predicted octanol–water partition coefficient (Wildman–Crippen LogP) is 1.95. The minimum Gasteiger partial charge on any atom is -0.452 e. The van der Waals surface area contributed by atoms with Crippen molar-refractivity contribution in [1.29, 1.82) is 0 Å². The van der Waals surface area contributed by atoms with E-state index < -0.39 is 54.3 Å². The number of piperidine rings is 1. The zero-order chi connectivity index (χ0) is 22.4. The van der Waals surface area contributed by atoms with Gasteiger partial charge in [0.2, 0.25) is 0 Å². The first-order chi connectivity index (χ1) is 13.2. The lowest BCUT2D eigenvalue weighted by Crippen LogP contribution is -2.51. The summed E-state index contributed by atoms with van der Waals surface area (Å²) in [5.74, 6) is -2.11. The van der Waals surface area contributed by atoms with Gasteiger partial charge in [-0.2, -0.15) is 13.2 Å². The molecule has 1 heterocycles. The quantitative estimate of drug-likeness (QED) is 0.666. The molecule has 4 amide bonds. The summed E-state index contributed by atoms with van der Waals surface area (Å²) in [4.78, 5) is 48.4. The molecule has 29 heavy (non-hydrogen) atoms. The molecular weight excluding hydrogens is 399 g/mol. The Labute approximate surface area is 166 Å². The number of likely N-dealkylation sites (tertiary alicyclic amines) is 1. The number of rotatable bonds is 4. The molecule has 0 saturated carbocycles. The van der Waals surface area contributed by atoms with Crippen molar-refractivity contribution in [3.8, 4) is 0 Å². The number of urea groups is 1. The van der Waals surface area contributed by atoms with E-state index >= 15 is 0 Å². The van der Waals surface area contributed by atoms with Gasteiger partial charge >= 0.3 is 24.3 Å². The van der Waals surface area contributed by atoms with Gasteiger partial charge in [0.05, 0.1) is 5.92 Å².